The number of hydrogen-bond acceptors (Lipinski definition) is 4. The van der Waals surface area contributed by atoms with Gasteiger partial charge in [0.15, 0.2) is 11.5 Å². The van der Waals surface area contributed by atoms with Crippen LogP contribution in [0.5, 0.6) is 11.5 Å². The van der Waals surface area contributed by atoms with Crippen molar-refractivity contribution in [2.24, 2.45) is 5.73 Å². The molecule has 0 heterocycles. The van der Waals surface area contributed by atoms with Gasteiger partial charge in [0.25, 0.3) is 0 Å². The second-order valence-electron chi connectivity index (χ2n) is 5.05. The zero-order chi connectivity index (χ0) is 14.8. The van der Waals surface area contributed by atoms with Crippen molar-refractivity contribution in [2.45, 2.75) is 38.6 Å². The summed E-state index contributed by atoms with van der Waals surface area (Å²) in [5.74, 6) is 1.55. The summed E-state index contributed by atoms with van der Waals surface area (Å²) in [7, 11) is 3.31. The molecule has 4 heteroatoms. The van der Waals surface area contributed by atoms with Gasteiger partial charge < -0.3 is 20.5 Å². The van der Waals surface area contributed by atoms with Gasteiger partial charge in [0.1, 0.15) is 0 Å². The Morgan fingerprint density at radius 3 is 2.60 bits per heavy atom. The van der Waals surface area contributed by atoms with Crippen molar-refractivity contribution in [3.8, 4) is 11.5 Å². The predicted molar refractivity (Wildman–Crippen MR) is 83.6 cm³/mol. The van der Waals surface area contributed by atoms with Crippen LogP contribution in [0.15, 0.2) is 18.2 Å². The highest BCUT2D eigenvalue weighted by atomic mass is 16.5. The monoisotopic (exact) mass is 280 g/mol. The number of ether oxygens (including phenoxy) is 2. The first kappa shape index (κ1) is 16.8. The number of nitrogens with one attached hydrogen (secondary N) is 1. The third-order valence-electron chi connectivity index (χ3n) is 3.37. The van der Waals surface area contributed by atoms with Gasteiger partial charge >= 0.3 is 0 Å². The van der Waals surface area contributed by atoms with Gasteiger partial charge in [0.2, 0.25) is 0 Å². The Morgan fingerprint density at radius 1 is 1.20 bits per heavy atom. The van der Waals surface area contributed by atoms with Gasteiger partial charge in [-0.25, -0.2) is 0 Å². The van der Waals surface area contributed by atoms with Crippen molar-refractivity contribution in [2.75, 3.05) is 27.3 Å². The Morgan fingerprint density at radius 2 is 1.95 bits per heavy atom. The highest BCUT2D eigenvalue weighted by Crippen LogP contribution is 2.27. The highest BCUT2D eigenvalue weighted by Gasteiger charge is 2.05. The van der Waals surface area contributed by atoms with Crippen LogP contribution in [-0.4, -0.2) is 33.4 Å². The van der Waals surface area contributed by atoms with Gasteiger partial charge in [0.05, 0.1) is 14.2 Å². The zero-order valence-electron chi connectivity index (χ0n) is 12.9. The average Bonchev–Trinajstić information content (AvgIpc) is 2.49. The number of nitrogens with two attached hydrogens (primary N) is 1. The first-order chi connectivity index (χ1) is 9.71. The third-order valence-corrected chi connectivity index (χ3v) is 3.37. The fraction of sp³-hybridized carbons (Fsp3) is 0.625. The van der Waals surface area contributed by atoms with Crippen molar-refractivity contribution in [1.82, 2.24) is 5.32 Å². The van der Waals surface area contributed by atoms with Gasteiger partial charge in [-0.3, -0.25) is 0 Å². The van der Waals surface area contributed by atoms with E-state index >= 15 is 0 Å². The van der Waals surface area contributed by atoms with E-state index in [1.807, 2.05) is 12.1 Å². The van der Waals surface area contributed by atoms with Gasteiger partial charge in [-0.1, -0.05) is 25.8 Å². The molecule has 1 aromatic carbocycles. The zero-order valence-corrected chi connectivity index (χ0v) is 12.9. The molecule has 1 atom stereocenters. The lowest BCUT2D eigenvalue weighted by Gasteiger charge is -2.13. The quantitative estimate of drug-likeness (QED) is 0.646. The molecule has 114 valence electrons. The smallest absolute Gasteiger partial charge is 0.160 e. The molecule has 0 aliphatic heterocycles. The predicted octanol–water partition coefficient (Wildman–Crippen LogP) is 2.35. The lowest BCUT2D eigenvalue weighted by Crippen LogP contribution is -2.34. The average molecular weight is 280 g/mol. The van der Waals surface area contributed by atoms with Gasteiger partial charge in [-0.2, -0.15) is 0 Å². The summed E-state index contributed by atoms with van der Waals surface area (Å²) in [6.45, 7) is 4.00. The molecule has 0 aliphatic rings. The molecule has 0 amide bonds. The first-order valence-electron chi connectivity index (χ1n) is 7.38. The van der Waals surface area contributed by atoms with Crippen molar-refractivity contribution < 1.29 is 9.47 Å². The topological polar surface area (TPSA) is 56.5 Å². The molecule has 0 spiro atoms. The minimum absolute atomic E-state index is 0.264. The van der Waals surface area contributed by atoms with Crippen LogP contribution in [-0.2, 0) is 6.42 Å². The van der Waals surface area contributed by atoms with E-state index in [9.17, 15) is 0 Å². The number of unbranched alkanes of at least 4 members (excludes halogenated alkanes) is 1. The summed E-state index contributed by atoms with van der Waals surface area (Å²) in [6.07, 6.45) is 4.47. The van der Waals surface area contributed by atoms with Gasteiger partial charge in [-0.05, 0) is 37.1 Å². The van der Waals surface area contributed by atoms with Crippen LogP contribution >= 0.6 is 0 Å². The van der Waals surface area contributed by atoms with Crippen LogP contribution in [0.2, 0.25) is 0 Å². The Labute approximate surface area is 122 Å². The summed E-state index contributed by atoms with van der Waals surface area (Å²) in [4.78, 5) is 0. The maximum Gasteiger partial charge on any atom is 0.160 e. The van der Waals surface area contributed by atoms with Crippen LogP contribution < -0.4 is 20.5 Å². The van der Waals surface area contributed by atoms with Crippen molar-refractivity contribution >= 4 is 0 Å². The van der Waals surface area contributed by atoms with Crippen molar-refractivity contribution in [1.29, 1.82) is 0 Å². The SMILES string of the molecule is CCCCC(N)CNCCc1ccc(OC)c(OC)c1. The summed E-state index contributed by atoms with van der Waals surface area (Å²) < 4.78 is 10.5. The minimum Gasteiger partial charge on any atom is -0.493 e. The molecule has 3 N–H and O–H groups in total. The van der Waals surface area contributed by atoms with E-state index in [0.717, 1.165) is 37.4 Å². The lowest BCUT2D eigenvalue weighted by molar-refractivity contribution is 0.354. The normalized spacial score (nSPS) is 12.2. The lowest BCUT2D eigenvalue weighted by atomic mass is 10.1. The van der Waals surface area contributed by atoms with E-state index in [2.05, 4.69) is 18.3 Å². The number of methoxy groups -OCH3 is 2. The molecule has 0 bridgehead atoms. The van der Waals surface area contributed by atoms with E-state index in [1.165, 1.54) is 18.4 Å². The Balaban J connectivity index is 2.31. The first-order valence-corrected chi connectivity index (χ1v) is 7.38. The number of rotatable bonds is 10. The molecule has 1 unspecified atom stereocenters. The van der Waals surface area contributed by atoms with E-state index in [4.69, 9.17) is 15.2 Å². The van der Waals surface area contributed by atoms with E-state index in [-0.39, 0.29) is 6.04 Å². The van der Waals surface area contributed by atoms with E-state index in [1.54, 1.807) is 14.2 Å². The fourth-order valence-corrected chi connectivity index (χ4v) is 2.12. The second kappa shape index (κ2) is 9.61. The number of hydrogen-bond donors (Lipinski definition) is 2. The summed E-state index contributed by atoms with van der Waals surface area (Å²) in [6, 6.07) is 6.30. The molecular formula is C16H28N2O2. The van der Waals surface area contributed by atoms with E-state index in [0.29, 0.717) is 0 Å². The molecule has 4 nitrogen and oxygen atoms in total. The number of benzene rings is 1. The maximum atomic E-state index is 6.02. The molecule has 20 heavy (non-hydrogen) atoms. The molecular weight excluding hydrogens is 252 g/mol. The standard InChI is InChI=1S/C16H28N2O2/c1-4-5-6-14(17)12-18-10-9-13-7-8-15(19-2)16(11-13)20-3/h7-8,11,14,18H,4-6,9-10,12,17H2,1-3H3. The van der Waals surface area contributed by atoms with Crippen molar-refractivity contribution in [3.05, 3.63) is 23.8 Å². The third kappa shape index (κ3) is 5.80. The van der Waals surface area contributed by atoms with Gasteiger partial charge in [-0.15, -0.1) is 0 Å². The molecule has 1 aromatic rings. The molecule has 0 aromatic heterocycles. The van der Waals surface area contributed by atoms with Crippen LogP contribution in [0.1, 0.15) is 31.7 Å². The Hall–Kier alpha value is -1.26. The largest absolute Gasteiger partial charge is 0.493 e. The molecule has 0 radical (unpaired) electrons. The molecule has 0 saturated heterocycles. The van der Waals surface area contributed by atoms with Gasteiger partial charge in [0, 0.05) is 12.6 Å². The summed E-state index contributed by atoms with van der Waals surface area (Å²) >= 11 is 0. The highest BCUT2D eigenvalue weighted by molar-refractivity contribution is 5.42. The van der Waals surface area contributed by atoms with Crippen LogP contribution in [0.4, 0.5) is 0 Å². The second-order valence-corrected chi connectivity index (χ2v) is 5.05. The maximum absolute atomic E-state index is 6.02. The van der Waals surface area contributed by atoms with Crippen LogP contribution in [0.25, 0.3) is 0 Å². The minimum atomic E-state index is 0.264. The van der Waals surface area contributed by atoms with E-state index < -0.39 is 0 Å². The Bertz CT molecular complexity index is 383. The summed E-state index contributed by atoms with van der Waals surface area (Å²) in [5.41, 5.74) is 7.26. The molecule has 0 aliphatic carbocycles. The van der Waals surface area contributed by atoms with Crippen LogP contribution in [0, 0.1) is 0 Å². The fourth-order valence-electron chi connectivity index (χ4n) is 2.12. The molecule has 1 rings (SSSR count). The molecule has 0 fully saturated rings. The Kier molecular flexibility index (Phi) is 8.07. The summed E-state index contributed by atoms with van der Waals surface area (Å²) in [5, 5.41) is 3.41. The van der Waals surface area contributed by atoms with Crippen LogP contribution in [0.3, 0.4) is 0 Å². The van der Waals surface area contributed by atoms with Crippen molar-refractivity contribution in [3.63, 3.8) is 0 Å². The molecule has 0 saturated carbocycles.